The number of rotatable bonds is 4. The highest BCUT2D eigenvalue weighted by Gasteiger charge is 2.36. The molecule has 0 spiro atoms. The molecule has 3 nitrogen and oxygen atoms in total. The van der Waals surface area contributed by atoms with Crippen LogP contribution in [-0.2, 0) is 4.79 Å². The standard InChI is InChI=1S/C15H27NO2/c1-15(2)11-16(10-9-13(15)17)14(18)8-4-7-12-5-3-6-12/h12-13,17H,3-11H2,1-2H3. The zero-order chi connectivity index (χ0) is 13.2. The Morgan fingerprint density at radius 3 is 2.61 bits per heavy atom. The quantitative estimate of drug-likeness (QED) is 0.836. The molecule has 1 atom stereocenters. The number of piperidine rings is 1. The van der Waals surface area contributed by atoms with Gasteiger partial charge >= 0.3 is 0 Å². The second-order valence-corrected chi connectivity index (χ2v) is 6.80. The molecule has 18 heavy (non-hydrogen) atoms. The maximum Gasteiger partial charge on any atom is 0.222 e. The predicted molar refractivity (Wildman–Crippen MR) is 72.2 cm³/mol. The van der Waals surface area contributed by atoms with Crippen molar-refractivity contribution in [1.82, 2.24) is 4.90 Å². The third kappa shape index (κ3) is 3.25. The fourth-order valence-corrected chi connectivity index (χ4v) is 3.04. The van der Waals surface area contributed by atoms with Crippen molar-refractivity contribution in [3.05, 3.63) is 0 Å². The van der Waals surface area contributed by atoms with Crippen molar-refractivity contribution in [3.8, 4) is 0 Å². The number of amides is 1. The number of aliphatic hydroxyl groups is 1. The van der Waals surface area contributed by atoms with Crippen molar-refractivity contribution in [2.45, 2.75) is 64.9 Å². The molecular weight excluding hydrogens is 226 g/mol. The lowest BCUT2D eigenvalue weighted by Crippen LogP contribution is -2.50. The minimum absolute atomic E-state index is 0.151. The van der Waals surface area contributed by atoms with Gasteiger partial charge in [-0.05, 0) is 25.2 Å². The number of likely N-dealkylation sites (tertiary alicyclic amines) is 1. The van der Waals surface area contributed by atoms with Crippen LogP contribution in [0, 0.1) is 11.3 Å². The molecule has 0 radical (unpaired) electrons. The number of carbonyl (C=O) groups is 1. The summed E-state index contributed by atoms with van der Waals surface area (Å²) in [5.41, 5.74) is -0.151. The van der Waals surface area contributed by atoms with Gasteiger partial charge in [0.2, 0.25) is 5.91 Å². The molecule has 1 aliphatic carbocycles. The van der Waals surface area contributed by atoms with Gasteiger partial charge in [-0.15, -0.1) is 0 Å². The first-order valence-corrected chi connectivity index (χ1v) is 7.45. The average molecular weight is 253 g/mol. The molecule has 1 saturated heterocycles. The van der Waals surface area contributed by atoms with Crippen LogP contribution < -0.4 is 0 Å². The third-order valence-corrected chi connectivity index (χ3v) is 4.75. The summed E-state index contributed by atoms with van der Waals surface area (Å²) in [4.78, 5) is 14.1. The Kier molecular flexibility index (Phi) is 4.31. The van der Waals surface area contributed by atoms with Crippen molar-refractivity contribution in [1.29, 1.82) is 0 Å². The van der Waals surface area contributed by atoms with Crippen LogP contribution in [0.25, 0.3) is 0 Å². The fourth-order valence-electron chi connectivity index (χ4n) is 3.04. The van der Waals surface area contributed by atoms with E-state index in [0.29, 0.717) is 13.0 Å². The van der Waals surface area contributed by atoms with Gasteiger partial charge < -0.3 is 10.0 Å². The molecule has 1 aliphatic heterocycles. The molecular formula is C15H27NO2. The van der Waals surface area contributed by atoms with Crippen LogP contribution in [0.15, 0.2) is 0 Å². The minimum Gasteiger partial charge on any atom is -0.392 e. The van der Waals surface area contributed by atoms with E-state index in [4.69, 9.17) is 0 Å². The number of carbonyl (C=O) groups excluding carboxylic acids is 1. The second kappa shape index (κ2) is 5.60. The Balaban J connectivity index is 1.71. The van der Waals surface area contributed by atoms with Crippen LogP contribution in [-0.4, -0.2) is 35.1 Å². The molecule has 104 valence electrons. The van der Waals surface area contributed by atoms with Gasteiger partial charge in [-0.3, -0.25) is 4.79 Å². The summed E-state index contributed by atoms with van der Waals surface area (Å²) in [7, 11) is 0. The molecule has 2 rings (SSSR count). The summed E-state index contributed by atoms with van der Waals surface area (Å²) >= 11 is 0. The van der Waals surface area contributed by atoms with Crippen LogP contribution in [0.5, 0.6) is 0 Å². The van der Waals surface area contributed by atoms with Gasteiger partial charge in [-0.2, -0.15) is 0 Å². The highest BCUT2D eigenvalue weighted by atomic mass is 16.3. The lowest BCUT2D eigenvalue weighted by Gasteiger charge is -2.41. The Bertz CT molecular complexity index is 297. The third-order valence-electron chi connectivity index (χ3n) is 4.75. The Morgan fingerprint density at radius 1 is 1.33 bits per heavy atom. The van der Waals surface area contributed by atoms with Gasteiger partial charge in [0, 0.05) is 24.9 Å². The van der Waals surface area contributed by atoms with E-state index in [1.54, 1.807) is 0 Å². The van der Waals surface area contributed by atoms with Gasteiger partial charge in [0.25, 0.3) is 0 Å². The molecule has 1 heterocycles. The molecule has 1 N–H and O–H groups in total. The molecule has 0 aromatic rings. The summed E-state index contributed by atoms with van der Waals surface area (Å²) < 4.78 is 0. The van der Waals surface area contributed by atoms with Gasteiger partial charge in [0.15, 0.2) is 0 Å². The maximum absolute atomic E-state index is 12.1. The first-order chi connectivity index (χ1) is 8.49. The van der Waals surface area contributed by atoms with E-state index >= 15 is 0 Å². The molecule has 3 heteroatoms. The molecule has 0 bridgehead atoms. The maximum atomic E-state index is 12.1. The molecule has 0 aromatic carbocycles. The topological polar surface area (TPSA) is 40.5 Å². The fraction of sp³-hybridized carbons (Fsp3) is 0.933. The zero-order valence-electron chi connectivity index (χ0n) is 11.8. The highest BCUT2D eigenvalue weighted by Crippen LogP contribution is 2.32. The van der Waals surface area contributed by atoms with Crippen molar-refractivity contribution >= 4 is 5.91 Å². The van der Waals surface area contributed by atoms with E-state index in [-0.39, 0.29) is 17.4 Å². The molecule has 1 unspecified atom stereocenters. The average Bonchev–Trinajstić information content (AvgIpc) is 2.25. The summed E-state index contributed by atoms with van der Waals surface area (Å²) in [5, 5.41) is 9.89. The summed E-state index contributed by atoms with van der Waals surface area (Å²) in [6.07, 6.45) is 7.56. The number of hydrogen-bond acceptors (Lipinski definition) is 2. The number of hydrogen-bond donors (Lipinski definition) is 1. The summed E-state index contributed by atoms with van der Waals surface area (Å²) in [6.45, 7) is 5.53. The lowest BCUT2D eigenvalue weighted by molar-refractivity contribution is -0.138. The van der Waals surface area contributed by atoms with Gasteiger partial charge in [0.05, 0.1) is 6.10 Å². The van der Waals surface area contributed by atoms with Crippen LogP contribution in [0.4, 0.5) is 0 Å². The largest absolute Gasteiger partial charge is 0.392 e. The predicted octanol–water partition coefficient (Wildman–Crippen LogP) is 2.58. The normalized spacial score (nSPS) is 27.9. The van der Waals surface area contributed by atoms with E-state index in [9.17, 15) is 9.90 Å². The van der Waals surface area contributed by atoms with Crippen LogP contribution >= 0.6 is 0 Å². The van der Waals surface area contributed by atoms with Gasteiger partial charge in [0.1, 0.15) is 0 Å². The van der Waals surface area contributed by atoms with E-state index < -0.39 is 0 Å². The lowest BCUT2D eigenvalue weighted by atomic mass is 9.80. The molecule has 2 fully saturated rings. The minimum atomic E-state index is -0.267. The van der Waals surface area contributed by atoms with Crippen molar-refractivity contribution in [2.24, 2.45) is 11.3 Å². The first-order valence-electron chi connectivity index (χ1n) is 7.45. The summed E-state index contributed by atoms with van der Waals surface area (Å²) in [6, 6.07) is 0. The van der Waals surface area contributed by atoms with Crippen LogP contribution in [0.3, 0.4) is 0 Å². The van der Waals surface area contributed by atoms with Crippen molar-refractivity contribution in [3.63, 3.8) is 0 Å². The number of aliphatic hydroxyl groups excluding tert-OH is 1. The monoisotopic (exact) mass is 253 g/mol. The van der Waals surface area contributed by atoms with Crippen molar-refractivity contribution in [2.75, 3.05) is 13.1 Å². The van der Waals surface area contributed by atoms with Gasteiger partial charge in [-0.1, -0.05) is 33.1 Å². The second-order valence-electron chi connectivity index (χ2n) is 6.80. The Morgan fingerprint density at radius 2 is 2.06 bits per heavy atom. The van der Waals surface area contributed by atoms with Crippen LogP contribution in [0.1, 0.15) is 58.8 Å². The van der Waals surface area contributed by atoms with Gasteiger partial charge in [-0.25, -0.2) is 0 Å². The molecule has 1 amide bonds. The Labute approximate surface area is 111 Å². The first kappa shape index (κ1) is 13.9. The van der Waals surface area contributed by atoms with E-state index in [1.165, 1.54) is 25.7 Å². The summed E-state index contributed by atoms with van der Waals surface area (Å²) in [5.74, 6) is 1.19. The smallest absolute Gasteiger partial charge is 0.222 e. The van der Waals surface area contributed by atoms with E-state index in [2.05, 4.69) is 0 Å². The van der Waals surface area contributed by atoms with E-state index in [0.717, 1.165) is 25.3 Å². The molecule has 1 saturated carbocycles. The molecule has 2 aliphatic rings. The SMILES string of the molecule is CC1(C)CN(C(=O)CCCC2CCC2)CCC1O. The van der Waals surface area contributed by atoms with Crippen LogP contribution in [0.2, 0.25) is 0 Å². The zero-order valence-corrected chi connectivity index (χ0v) is 11.8. The van der Waals surface area contributed by atoms with Crippen molar-refractivity contribution < 1.29 is 9.90 Å². The van der Waals surface area contributed by atoms with E-state index in [1.807, 2.05) is 18.7 Å². The molecule has 0 aromatic heterocycles. The Hall–Kier alpha value is -0.570. The highest BCUT2D eigenvalue weighted by molar-refractivity contribution is 5.76. The number of nitrogens with zero attached hydrogens (tertiary/aromatic N) is 1.